The molecule has 12 heteroatoms. The van der Waals surface area contributed by atoms with Crippen molar-refractivity contribution in [2.24, 2.45) is 11.8 Å². The Morgan fingerprint density at radius 2 is 1.84 bits per heavy atom. The number of halogens is 4. The number of carbonyl (C=O) groups is 1. The molecule has 0 radical (unpaired) electrons. The smallest absolute Gasteiger partial charge is 0.417 e. The van der Waals surface area contributed by atoms with Gasteiger partial charge in [0.2, 0.25) is 0 Å². The summed E-state index contributed by atoms with van der Waals surface area (Å²) < 4.78 is 78.6. The van der Waals surface area contributed by atoms with Crippen molar-refractivity contribution in [2.45, 2.75) is 56.5 Å². The van der Waals surface area contributed by atoms with E-state index in [0.29, 0.717) is 27.6 Å². The topological polar surface area (TPSA) is 94.5 Å². The Bertz CT molecular complexity index is 1650. The minimum atomic E-state index is -4.57. The Balaban J connectivity index is 1.42. The summed E-state index contributed by atoms with van der Waals surface area (Å²) in [7, 11) is 1.26. The fourth-order valence-electron chi connectivity index (χ4n) is 5.62. The van der Waals surface area contributed by atoms with Crippen LogP contribution in [0.2, 0.25) is 0 Å². The summed E-state index contributed by atoms with van der Waals surface area (Å²) in [6.45, 7) is 4.38. The number of fused-ring (bicyclic) bond motifs is 1. The average molecular weight is 635 g/mol. The number of hydrogen-bond donors (Lipinski definition) is 2. The summed E-state index contributed by atoms with van der Waals surface area (Å²) in [5, 5.41) is 9.33. The monoisotopic (exact) mass is 634 g/mol. The van der Waals surface area contributed by atoms with E-state index in [-0.39, 0.29) is 32.8 Å². The van der Waals surface area contributed by atoms with E-state index in [2.05, 4.69) is 23.6 Å². The summed E-state index contributed by atoms with van der Waals surface area (Å²) in [6.07, 6.45) is -0.804. The molecule has 1 fully saturated rings. The van der Waals surface area contributed by atoms with Gasteiger partial charge in [0.25, 0.3) is 0 Å². The Labute approximate surface area is 253 Å². The zero-order valence-corrected chi connectivity index (χ0v) is 25.3. The van der Waals surface area contributed by atoms with Gasteiger partial charge in [0, 0.05) is 17.7 Å². The van der Waals surface area contributed by atoms with E-state index in [9.17, 15) is 26.9 Å². The number of ether oxygens (including phenoxy) is 1. The zero-order valence-electron chi connectivity index (χ0n) is 23.6. The number of aromatic carboxylic acids is 1. The molecular formula is C31H30F4N2O4S2. The number of nitrogens with zero attached hydrogens (tertiary/aromatic N) is 1. The molecule has 5 rings (SSSR count). The molecule has 2 N–H and O–H groups in total. The molecule has 228 valence electrons. The quantitative estimate of drug-likeness (QED) is 0.149. The molecule has 1 aliphatic rings. The highest BCUT2D eigenvalue weighted by molar-refractivity contribution is 7.92. The van der Waals surface area contributed by atoms with Gasteiger partial charge in [-0.1, -0.05) is 26.0 Å². The first-order chi connectivity index (χ1) is 20.3. The lowest BCUT2D eigenvalue weighted by Crippen LogP contribution is -2.18. The van der Waals surface area contributed by atoms with Crippen molar-refractivity contribution in [1.82, 2.24) is 4.98 Å². The number of alkyl halides is 3. The second-order valence-electron chi connectivity index (χ2n) is 11.0. The molecule has 6 nitrogen and oxygen atoms in total. The van der Waals surface area contributed by atoms with E-state index in [1.807, 2.05) is 0 Å². The zero-order chi connectivity index (χ0) is 31.1. The highest BCUT2D eigenvalue weighted by Crippen LogP contribution is 2.44. The molecule has 0 bridgehead atoms. The maximum atomic E-state index is 14.3. The fourth-order valence-corrected chi connectivity index (χ4v) is 7.49. The Hall–Kier alpha value is -3.35. The SMILES string of the molecule is COc1cc(C(=O)O)c(F)cc1N[S+]([O-])c1ccc2sc(-c3ccc(C4CCC(C(C)C)CC4)cc3C(F)(F)F)nc2c1. The van der Waals surface area contributed by atoms with Crippen LogP contribution in [0.3, 0.4) is 0 Å². The van der Waals surface area contributed by atoms with Crippen molar-refractivity contribution in [1.29, 1.82) is 0 Å². The number of hydrogen-bond acceptors (Lipinski definition) is 6. The van der Waals surface area contributed by atoms with Gasteiger partial charge in [0.15, 0.2) is 4.90 Å². The molecule has 0 amide bonds. The molecule has 1 saturated carbocycles. The van der Waals surface area contributed by atoms with Gasteiger partial charge >= 0.3 is 12.1 Å². The maximum Gasteiger partial charge on any atom is 0.417 e. The summed E-state index contributed by atoms with van der Waals surface area (Å²) >= 11 is -0.846. The lowest BCUT2D eigenvalue weighted by molar-refractivity contribution is -0.137. The molecule has 1 aromatic heterocycles. The molecule has 0 saturated heterocycles. The number of methoxy groups -OCH3 is 1. The van der Waals surface area contributed by atoms with Crippen LogP contribution >= 0.6 is 11.3 Å². The van der Waals surface area contributed by atoms with Crippen molar-refractivity contribution in [3.05, 3.63) is 71.0 Å². The summed E-state index contributed by atoms with van der Waals surface area (Å²) in [5.74, 6) is -1.28. The van der Waals surface area contributed by atoms with Gasteiger partial charge in [-0.3, -0.25) is 0 Å². The van der Waals surface area contributed by atoms with Crippen LogP contribution in [0.1, 0.15) is 66.9 Å². The third-order valence-electron chi connectivity index (χ3n) is 8.06. The van der Waals surface area contributed by atoms with E-state index < -0.39 is 40.5 Å². The van der Waals surface area contributed by atoms with E-state index >= 15 is 0 Å². The van der Waals surface area contributed by atoms with Crippen LogP contribution in [0.15, 0.2) is 53.4 Å². The highest BCUT2D eigenvalue weighted by atomic mass is 32.2. The summed E-state index contributed by atoms with van der Waals surface area (Å²) in [6, 6.07) is 11.0. The second kappa shape index (κ2) is 12.3. The Morgan fingerprint density at radius 3 is 2.47 bits per heavy atom. The molecule has 1 aliphatic carbocycles. The van der Waals surface area contributed by atoms with Gasteiger partial charge in [0.1, 0.15) is 33.6 Å². The minimum Gasteiger partial charge on any atom is -0.588 e. The molecule has 4 aromatic rings. The molecule has 43 heavy (non-hydrogen) atoms. The van der Waals surface area contributed by atoms with E-state index in [0.717, 1.165) is 49.2 Å². The number of aromatic nitrogens is 1. The first-order valence-electron chi connectivity index (χ1n) is 13.8. The predicted molar refractivity (Wildman–Crippen MR) is 160 cm³/mol. The minimum absolute atomic E-state index is 0.00662. The van der Waals surface area contributed by atoms with Crippen molar-refractivity contribution >= 4 is 44.6 Å². The van der Waals surface area contributed by atoms with Gasteiger partial charge in [0.05, 0.1) is 28.5 Å². The van der Waals surface area contributed by atoms with Crippen molar-refractivity contribution in [3.63, 3.8) is 0 Å². The molecule has 1 atom stereocenters. The molecule has 1 heterocycles. The van der Waals surface area contributed by atoms with Crippen LogP contribution in [0.4, 0.5) is 23.2 Å². The summed E-state index contributed by atoms with van der Waals surface area (Å²) in [4.78, 5) is 15.9. The van der Waals surface area contributed by atoms with Gasteiger partial charge < -0.3 is 14.4 Å². The lowest BCUT2D eigenvalue weighted by Gasteiger charge is -2.31. The van der Waals surface area contributed by atoms with Gasteiger partial charge in [-0.15, -0.1) is 11.3 Å². The number of benzene rings is 3. The van der Waals surface area contributed by atoms with E-state index in [1.54, 1.807) is 12.1 Å². The molecule has 1 unspecified atom stereocenters. The number of anilines is 1. The Kier molecular flexibility index (Phi) is 8.92. The van der Waals surface area contributed by atoms with E-state index in [1.165, 1.54) is 31.4 Å². The van der Waals surface area contributed by atoms with Crippen LogP contribution in [0.5, 0.6) is 5.75 Å². The third-order valence-corrected chi connectivity index (χ3v) is 10.2. The number of thiazole rings is 1. The van der Waals surface area contributed by atoms with Crippen LogP contribution in [0.25, 0.3) is 20.8 Å². The average Bonchev–Trinajstić information content (AvgIpc) is 3.40. The molecule has 3 aromatic carbocycles. The van der Waals surface area contributed by atoms with Gasteiger partial charge in [-0.2, -0.15) is 17.9 Å². The van der Waals surface area contributed by atoms with Crippen molar-refractivity contribution in [3.8, 4) is 16.3 Å². The van der Waals surface area contributed by atoms with Crippen LogP contribution in [-0.4, -0.2) is 27.7 Å². The number of carboxylic acids is 1. The highest BCUT2D eigenvalue weighted by Gasteiger charge is 2.36. The standard InChI is InChI=1S/C31H30F4N2O4S2/c1-16(2)17-4-6-18(7-5-17)19-8-10-21(23(12-19)31(33,34)35)29-36-26-13-20(9-11-28(26)42-29)43(40)37-25-15-24(32)22(30(38)39)14-27(25)41-3/h8-18,37H,4-7H2,1-3H3,(H,38,39). The van der Waals surface area contributed by atoms with Gasteiger partial charge in [-0.05, 0) is 73.3 Å². The maximum absolute atomic E-state index is 14.3. The molecular weight excluding hydrogens is 604 g/mol. The molecule has 0 aliphatic heterocycles. The van der Waals surface area contributed by atoms with Crippen molar-refractivity contribution < 1.29 is 36.8 Å². The largest absolute Gasteiger partial charge is 0.588 e. The van der Waals surface area contributed by atoms with Crippen LogP contribution in [0, 0.1) is 17.7 Å². The third kappa shape index (κ3) is 6.61. The van der Waals surface area contributed by atoms with E-state index in [4.69, 9.17) is 9.84 Å². The predicted octanol–water partition coefficient (Wildman–Crippen LogP) is 8.89. The van der Waals surface area contributed by atoms with Crippen LogP contribution < -0.4 is 9.46 Å². The summed E-state index contributed by atoms with van der Waals surface area (Å²) in [5.41, 5.74) is -0.306. The number of nitrogens with one attached hydrogen (secondary N) is 1. The fraction of sp³-hybridized carbons (Fsp3) is 0.355. The lowest BCUT2D eigenvalue weighted by atomic mass is 9.74. The number of carboxylic acid groups (broad SMARTS) is 1. The first kappa shape index (κ1) is 31.1. The van der Waals surface area contributed by atoms with Crippen LogP contribution in [-0.2, 0) is 17.5 Å². The Morgan fingerprint density at radius 1 is 1.12 bits per heavy atom. The van der Waals surface area contributed by atoms with Gasteiger partial charge in [-0.25, -0.2) is 14.2 Å². The second-order valence-corrected chi connectivity index (χ2v) is 13.3. The molecule has 0 spiro atoms. The van der Waals surface area contributed by atoms with Crippen molar-refractivity contribution in [2.75, 3.05) is 11.8 Å². The number of rotatable bonds is 8. The first-order valence-corrected chi connectivity index (χ1v) is 15.7. The normalized spacial score (nSPS) is 18.2.